The van der Waals surface area contributed by atoms with Crippen LogP contribution in [0.25, 0.3) is 5.57 Å². The van der Waals surface area contributed by atoms with Gasteiger partial charge < -0.3 is 14.5 Å². The maximum absolute atomic E-state index is 11.6. The number of oxime groups is 1. The van der Waals surface area contributed by atoms with Gasteiger partial charge in [0.15, 0.2) is 5.84 Å². The van der Waals surface area contributed by atoms with E-state index >= 15 is 0 Å². The number of hydrogen-bond acceptors (Lipinski definition) is 7. The summed E-state index contributed by atoms with van der Waals surface area (Å²) in [4.78, 5) is 7.81. The van der Waals surface area contributed by atoms with Gasteiger partial charge >= 0.3 is 0 Å². The molecule has 0 saturated heterocycles. The van der Waals surface area contributed by atoms with Gasteiger partial charge in [0.05, 0.1) is 30.1 Å². The van der Waals surface area contributed by atoms with Gasteiger partial charge in [-0.15, -0.1) is 0 Å². The highest BCUT2D eigenvalue weighted by Gasteiger charge is 2.34. The van der Waals surface area contributed by atoms with E-state index in [1.54, 1.807) is 6.20 Å². The van der Waals surface area contributed by atoms with Gasteiger partial charge in [0.25, 0.3) is 0 Å². The topological polar surface area (TPSA) is 104 Å². The van der Waals surface area contributed by atoms with Crippen LogP contribution < -0.4 is 4.72 Å². The third-order valence-electron chi connectivity index (χ3n) is 6.10. The number of rotatable bonds is 6. The summed E-state index contributed by atoms with van der Waals surface area (Å²) < 4.78 is 31.5. The van der Waals surface area contributed by atoms with E-state index in [4.69, 9.17) is 9.57 Å². The van der Waals surface area contributed by atoms with E-state index in [0.717, 1.165) is 53.4 Å². The highest BCUT2D eigenvalue weighted by molar-refractivity contribution is 7.88. The van der Waals surface area contributed by atoms with Gasteiger partial charge in [0.2, 0.25) is 16.3 Å². The molecule has 2 unspecified atom stereocenters. The van der Waals surface area contributed by atoms with Crippen molar-refractivity contribution in [3.8, 4) is 6.07 Å². The second-order valence-electron chi connectivity index (χ2n) is 9.05. The predicted molar refractivity (Wildman–Crippen MR) is 131 cm³/mol. The molecule has 0 saturated carbocycles. The minimum Gasteiger partial charge on any atom is -0.370 e. The Morgan fingerprint density at radius 3 is 2.79 bits per heavy atom. The number of likely N-dealkylation sites (N-methyl/N-ethyl adjacent to an activating group) is 1. The molecule has 1 aromatic carbocycles. The first-order chi connectivity index (χ1) is 16.2. The third-order valence-corrected chi connectivity index (χ3v) is 6.64. The molecule has 0 bridgehead atoms. The fourth-order valence-electron chi connectivity index (χ4n) is 4.59. The number of benzene rings is 1. The fraction of sp³-hybridized carbons (Fsp3) is 0.440. The molecule has 2 aliphatic carbocycles. The number of ether oxygens (including phenoxy) is 1. The van der Waals surface area contributed by atoms with Crippen LogP contribution in [0, 0.1) is 11.3 Å². The van der Waals surface area contributed by atoms with Crippen LogP contribution >= 0.6 is 0 Å². The highest BCUT2D eigenvalue weighted by atomic mass is 32.2. The monoisotopic (exact) mass is 482 g/mol. The first-order valence-electron chi connectivity index (χ1n) is 11.4. The smallest absolute Gasteiger partial charge is 0.229 e. The van der Waals surface area contributed by atoms with Crippen LogP contribution in [0.4, 0.5) is 0 Å². The molecule has 8 nitrogen and oxygen atoms in total. The summed E-state index contributed by atoms with van der Waals surface area (Å²) in [5, 5.41) is 14.0. The molecule has 1 heterocycles. The van der Waals surface area contributed by atoms with Gasteiger partial charge in [-0.3, -0.25) is 4.72 Å². The third kappa shape index (κ3) is 5.03. The number of allylic oxidation sites excluding steroid dienone is 1. The van der Waals surface area contributed by atoms with E-state index in [0.29, 0.717) is 17.8 Å². The molecule has 3 aliphatic rings. The van der Waals surface area contributed by atoms with E-state index in [-0.39, 0.29) is 12.2 Å². The molecule has 0 radical (unpaired) electrons. The first-order valence-corrected chi connectivity index (χ1v) is 13.3. The van der Waals surface area contributed by atoms with Crippen LogP contribution in [0.2, 0.25) is 0 Å². The van der Waals surface area contributed by atoms with Crippen molar-refractivity contribution in [1.29, 1.82) is 5.26 Å². The summed E-state index contributed by atoms with van der Waals surface area (Å²) in [5.41, 5.74) is 5.54. The fourth-order valence-corrected chi connectivity index (χ4v) is 4.95. The standard InChI is InChI=1S/C25H30N4O4S/c1-16(2)32-23-12-11-17(13-19(23)14-26)25-29(3)24(28-33-25)22-10-6-8-20-18(7-5-9-21(20)22)15-27-34(4,30)31/h6,8,10-11,13,15-16,23,25,27H,5,7,9,12H2,1-4H3/b18-15-. The number of amidine groups is 1. The van der Waals surface area contributed by atoms with Crippen molar-refractivity contribution in [2.45, 2.75) is 58.0 Å². The lowest BCUT2D eigenvalue weighted by molar-refractivity contribution is 0.0285. The molecule has 4 rings (SSSR count). The highest BCUT2D eigenvalue weighted by Crippen LogP contribution is 2.35. The number of sulfonamides is 1. The van der Waals surface area contributed by atoms with Crippen LogP contribution in [-0.4, -0.2) is 50.9 Å². The molecule has 2 atom stereocenters. The Balaban J connectivity index is 1.59. The average molecular weight is 483 g/mol. The van der Waals surface area contributed by atoms with E-state index in [1.165, 1.54) is 0 Å². The van der Waals surface area contributed by atoms with Gasteiger partial charge in [-0.05, 0) is 62.3 Å². The Morgan fingerprint density at radius 1 is 1.32 bits per heavy atom. The van der Waals surface area contributed by atoms with Crippen molar-refractivity contribution in [3.63, 3.8) is 0 Å². The molecule has 1 aliphatic heterocycles. The predicted octanol–water partition coefficient (Wildman–Crippen LogP) is 3.44. The van der Waals surface area contributed by atoms with Crippen molar-refractivity contribution in [2.24, 2.45) is 5.16 Å². The summed E-state index contributed by atoms with van der Waals surface area (Å²) in [6.07, 6.45) is 9.18. The minimum absolute atomic E-state index is 0.0351. The summed E-state index contributed by atoms with van der Waals surface area (Å²) in [5.74, 6) is 0.715. The molecule has 180 valence electrons. The maximum atomic E-state index is 11.6. The molecule has 0 aromatic heterocycles. The lowest BCUT2D eigenvalue weighted by Crippen LogP contribution is -2.35. The second-order valence-corrected chi connectivity index (χ2v) is 10.8. The van der Waals surface area contributed by atoms with E-state index in [2.05, 4.69) is 15.9 Å². The number of hydrogen-bond donors (Lipinski definition) is 1. The summed E-state index contributed by atoms with van der Waals surface area (Å²) in [6, 6.07) is 8.26. The molecular formula is C25H30N4O4S. The number of fused-ring (bicyclic) bond motifs is 1. The van der Waals surface area contributed by atoms with E-state index in [1.807, 2.05) is 56.1 Å². The molecule has 1 aromatic rings. The summed E-state index contributed by atoms with van der Waals surface area (Å²) in [6.45, 7) is 3.92. The summed E-state index contributed by atoms with van der Waals surface area (Å²) >= 11 is 0. The van der Waals surface area contributed by atoms with Crippen LogP contribution in [0.5, 0.6) is 0 Å². The van der Waals surface area contributed by atoms with Gasteiger partial charge in [0.1, 0.15) is 0 Å². The quantitative estimate of drug-likeness (QED) is 0.666. The van der Waals surface area contributed by atoms with Crippen molar-refractivity contribution in [1.82, 2.24) is 9.62 Å². The van der Waals surface area contributed by atoms with Crippen LogP contribution in [-0.2, 0) is 26.0 Å². The number of nitrogens with zero attached hydrogens (tertiary/aromatic N) is 3. The lowest BCUT2D eigenvalue weighted by atomic mass is 9.84. The Morgan fingerprint density at radius 2 is 2.09 bits per heavy atom. The van der Waals surface area contributed by atoms with Crippen molar-refractivity contribution in [2.75, 3.05) is 13.3 Å². The Bertz CT molecular complexity index is 1240. The Kier molecular flexibility index (Phi) is 6.82. The van der Waals surface area contributed by atoms with Crippen molar-refractivity contribution in [3.05, 3.63) is 64.4 Å². The average Bonchev–Trinajstić information content (AvgIpc) is 3.17. The van der Waals surface area contributed by atoms with Gasteiger partial charge in [0, 0.05) is 24.4 Å². The first kappa shape index (κ1) is 24.0. The van der Waals surface area contributed by atoms with E-state index < -0.39 is 16.3 Å². The molecular weight excluding hydrogens is 452 g/mol. The molecule has 0 fully saturated rings. The van der Waals surface area contributed by atoms with Crippen LogP contribution in [0.15, 0.2) is 52.9 Å². The Hall–Kier alpha value is -3.09. The van der Waals surface area contributed by atoms with E-state index in [9.17, 15) is 13.7 Å². The maximum Gasteiger partial charge on any atom is 0.229 e. The molecule has 34 heavy (non-hydrogen) atoms. The number of nitrogens with one attached hydrogen (secondary N) is 1. The second kappa shape index (κ2) is 9.65. The SMILES string of the molecule is CC(C)OC1CC=C(C2ON=C(c3cccc4c3CCC/C4=C/NS(C)(=O)=O)N2C)C=C1C#N. The molecule has 0 amide bonds. The lowest BCUT2D eigenvalue weighted by Gasteiger charge is -2.28. The zero-order valence-corrected chi connectivity index (χ0v) is 20.7. The molecule has 1 N–H and O–H groups in total. The van der Waals surface area contributed by atoms with Gasteiger partial charge in [-0.2, -0.15) is 5.26 Å². The van der Waals surface area contributed by atoms with Gasteiger partial charge in [-0.1, -0.05) is 29.4 Å². The normalized spacial score (nSPS) is 23.6. The Labute approximate surface area is 201 Å². The molecule has 9 heteroatoms. The summed E-state index contributed by atoms with van der Waals surface area (Å²) in [7, 11) is -1.39. The zero-order chi connectivity index (χ0) is 24.5. The van der Waals surface area contributed by atoms with Crippen LogP contribution in [0.1, 0.15) is 49.8 Å². The number of nitriles is 1. The van der Waals surface area contributed by atoms with Crippen molar-refractivity contribution < 1.29 is 18.0 Å². The zero-order valence-electron chi connectivity index (χ0n) is 19.9. The minimum atomic E-state index is -3.32. The molecule has 0 spiro atoms. The van der Waals surface area contributed by atoms with Crippen molar-refractivity contribution >= 4 is 21.4 Å². The largest absolute Gasteiger partial charge is 0.370 e. The van der Waals surface area contributed by atoms with Gasteiger partial charge in [-0.25, -0.2) is 8.42 Å². The van der Waals surface area contributed by atoms with Crippen LogP contribution in [0.3, 0.4) is 0 Å².